The van der Waals surface area contributed by atoms with Gasteiger partial charge < -0.3 is 15.2 Å². The fourth-order valence-corrected chi connectivity index (χ4v) is 3.05. The quantitative estimate of drug-likeness (QED) is 0.937. The second kappa shape index (κ2) is 5.96. The van der Waals surface area contributed by atoms with Gasteiger partial charge in [0.05, 0.1) is 7.11 Å². The topological polar surface area (TPSA) is 44.5 Å². The number of fused-ring (bicyclic) bond motifs is 1. The lowest BCUT2D eigenvalue weighted by molar-refractivity contribution is 0.225. The Morgan fingerprint density at radius 2 is 2.10 bits per heavy atom. The van der Waals surface area contributed by atoms with Crippen molar-refractivity contribution in [2.45, 2.75) is 18.9 Å². The predicted octanol–water partition coefficient (Wildman–Crippen LogP) is 3.67. The molecule has 0 aromatic heterocycles. The van der Waals surface area contributed by atoms with E-state index in [1.54, 1.807) is 7.11 Å². The summed E-state index contributed by atoms with van der Waals surface area (Å²) >= 11 is 6.28. The normalized spacial score (nSPS) is 16.4. The Morgan fingerprint density at radius 1 is 1.29 bits per heavy atom. The van der Waals surface area contributed by atoms with Crippen molar-refractivity contribution < 1.29 is 9.47 Å². The number of hydrogen-bond acceptors (Lipinski definition) is 3. The van der Waals surface area contributed by atoms with Crippen LogP contribution in [0, 0.1) is 0 Å². The second-order valence-corrected chi connectivity index (χ2v) is 5.60. The van der Waals surface area contributed by atoms with Crippen molar-refractivity contribution in [2.75, 3.05) is 13.7 Å². The van der Waals surface area contributed by atoms with Crippen molar-refractivity contribution in [1.82, 2.24) is 0 Å². The van der Waals surface area contributed by atoms with Crippen LogP contribution in [0.5, 0.6) is 11.5 Å². The summed E-state index contributed by atoms with van der Waals surface area (Å²) in [5, 5.41) is 0.714. The van der Waals surface area contributed by atoms with Crippen LogP contribution in [0.3, 0.4) is 0 Å². The van der Waals surface area contributed by atoms with Crippen LogP contribution in [0.2, 0.25) is 5.02 Å². The standard InChI is InChI=1S/C17H18ClNO2/c1-20-16-5-3-2-4-14(16)15-10-12(18)8-11-9-13(6-7-19)21-17(11)15/h2-5,8,10,13H,6-7,9,19H2,1H3. The molecule has 0 saturated carbocycles. The fourth-order valence-electron chi connectivity index (χ4n) is 2.81. The summed E-state index contributed by atoms with van der Waals surface area (Å²) in [6.45, 7) is 0.621. The van der Waals surface area contributed by atoms with E-state index in [9.17, 15) is 0 Å². The Hall–Kier alpha value is -1.71. The number of ether oxygens (including phenoxy) is 2. The minimum absolute atomic E-state index is 0.136. The summed E-state index contributed by atoms with van der Waals surface area (Å²) in [7, 11) is 1.67. The van der Waals surface area contributed by atoms with Crippen molar-refractivity contribution >= 4 is 11.6 Å². The maximum absolute atomic E-state index is 6.28. The first-order chi connectivity index (χ1) is 10.2. The number of benzene rings is 2. The first-order valence-corrected chi connectivity index (χ1v) is 7.43. The third-order valence-corrected chi connectivity index (χ3v) is 3.97. The van der Waals surface area contributed by atoms with E-state index < -0.39 is 0 Å². The summed E-state index contributed by atoms with van der Waals surface area (Å²) in [4.78, 5) is 0. The summed E-state index contributed by atoms with van der Waals surface area (Å²) in [6.07, 6.45) is 1.84. The molecule has 0 radical (unpaired) electrons. The van der Waals surface area contributed by atoms with Gasteiger partial charge in [-0.05, 0) is 36.7 Å². The Bertz CT molecular complexity index is 657. The number of halogens is 1. The third-order valence-electron chi connectivity index (χ3n) is 3.75. The van der Waals surface area contributed by atoms with Crippen LogP contribution in [0.4, 0.5) is 0 Å². The molecule has 2 aromatic carbocycles. The largest absolute Gasteiger partial charge is 0.496 e. The van der Waals surface area contributed by atoms with E-state index >= 15 is 0 Å². The van der Waals surface area contributed by atoms with Crippen LogP contribution >= 0.6 is 11.6 Å². The lowest BCUT2D eigenvalue weighted by Crippen LogP contribution is -2.17. The number of rotatable bonds is 4. The van der Waals surface area contributed by atoms with Crippen LogP contribution in [-0.2, 0) is 6.42 Å². The minimum atomic E-state index is 0.136. The fraction of sp³-hybridized carbons (Fsp3) is 0.294. The maximum Gasteiger partial charge on any atom is 0.131 e. The van der Waals surface area contributed by atoms with E-state index in [-0.39, 0.29) is 6.10 Å². The summed E-state index contributed by atoms with van der Waals surface area (Å²) in [6, 6.07) is 11.8. The van der Waals surface area contributed by atoms with Crippen LogP contribution in [-0.4, -0.2) is 19.8 Å². The molecule has 2 aromatic rings. The molecule has 1 unspecified atom stereocenters. The van der Waals surface area contributed by atoms with Crippen LogP contribution < -0.4 is 15.2 Å². The highest BCUT2D eigenvalue weighted by Crippen LogP contribution is 2.44. The molecule has 3 rings (SSSR count). The third kappa shape index (κ3) is 2.71. The Morgan fingerprint density at radius 3 is 2.86 bits per heavy atom. The average Bonchev–Trinajstić information content (AvgIpc) is 2.89. The van der Waals surface area contributed by atoms with Crippen molar-refractivity contribution in [3.05, 3.63) is 47.0 Å². The number of hydrogen-bond donors (Lipinski definition) is 1. The molecule has 1 aliphatic heterocycles. The minimum Gasteiger partial charge on any atom is -0.496 e. The van der Waals surface area contributed by atoms with E-state index in [1.807, 2.05) is 36.4 Å². The first-order valence-electron chi connectivity index (χ1n) is 7.05. The van der Waals surface area contributed by atoms with Gasteiger partial charge in [0, 0.05) is 22.6 Å². The molecule has 1 heterocycles. The molecule has 4 heteroatoms. The van der Waals surface area contributed by atoms with Crippen molar-refractivity contribution in [1.29, 1.82) is 0 Å². The lowest BCUT2D eigenvalue weighted by Gasteiger charge is -2.14. The van der Waals surface area contributed by atoms with E-state index in [0.717, 1.165) is 41.0 Å². The molecule has 0 aliphatic carbocycles. The Kier molecular flexibility index (Phi) is 4.04. The molecule has 1 atom stereocenters. The van der Waals surface area contributed by atoms with Gasteiger partial charge in [0.15, 0.2) is 0 Å². The molecule has 0 fully saturated rings. The second-order valence-electron chi connectivity index (χ2n) is 5.16. The van der Waals surface area contributed by atoms with Gasteiger partial charge >= 0.3 is 0 Å². The van der Waals surface area contributed by atoms with Crippen molar-refractivity contribution in [3.63, 3.8) is 0 Å². The number of nitrogens with two attached hydrogens (primary N) is 1. The molecule has 2 N–H and O–H groups in total. The molecule has 3 nitrogen and oxygen atoms in total. The van der Waals surface area contributed by atoms with Gasteiger partial charge in [-0.15, -0.1) is 0 Å². The highest BCUT2D eigenvalue weighted by Gasteiger charge is 2.26. The molecule has 21 heavy (non-hydrogen) atoms. The van der Waals surface area contributed by atoms with Crippen LogP contribution in [0.25, 0.3) is 11.1 Å². The van der Waals surface area contributed by atoms with E-state index in [0.29, 0.717) is 11.6 Å². The molecule has 0 spiro atoms. The zero-order valence-electron chi connectivity index (χ0n) is 11.9. The molecule has 110 valence electrons. The van der Waals surface area contributed by atoms with Gasteiger partial charge in [0.25, 0.3) is 0 Å². The molecular formula is C17H18ClNO2. The predicted molar refractivity (Wildman–Crippen MR) is 85.2 cm³/mol. The van der Waals surface area contributed by atoms with E-state index in [2.05, 4.69) is 0 Å². The van der Waals surface area contributed by atoms with E-state index in [4.69, 9.17) is 26.8 Å². The summed E-state index contributed by atoms with van der Waals surface area (Å²) < 4.78 is 11.5. The van der Waals surface area contributed by atoms with Crippen LogP contribution in [0.15, 0.2) is 36.4 Å². The zero-order valence-corrected chi connectivity index (χ0v) is 12.7. The summed E-state index contributed by atoms with van der Waals surface area (Å²) in [5.41, 5.74) is 8.76. The maximum atomic E-state index is 6.28. The van der Waals surface area contributed by atoms with Gasteiger partial charge in [-0.1, -0.05) is 29.8 Å². The smallest absolute Gasteiger partial charge is 0.131 e. The van der Waals surface area contributed by atoms with Gasteiger partial charge in [-0.25, -0.2) is 0 Å². The summed E-state index contributed by atoms with van der Waals surface area (Å²) in [5.74, 6) is 1.72. The zero-order chi connectivity index (χ0) is 14.8. The molecule has 0 amide bonds. The van der Waals surface area contributed by atoms with Gasteiger partial charge in [-0.3, -0.25) is 0 Å². The molecule has 1 aliphatic rings. The average molecular weight is 304 g/mol. The van der Waals surface area contributed by atoms with Crippen molar-refractivity contribution in [3.8, 4) is 22.6 Å². The van der Waals surface area contributed by atoms with Gasteiger partial charge in [0.2, 0.25) is 0 Å². The SMILES string of the molecule is COc1ccccc1-c1cc(Cl)cc2c1OC(CCN)C2. The van der Waals surface area contributed by atoms with Gasteiger partial charge in [-0.2, -0.15) is 0 Å². The highest BCUT2D eigenvalue weighted by molar-refractivity contribution is 6.31. The Labute approximate surface area is 129 Å². The van der Waals surface area contributed by atoms with Crippen molar-refractivity contribution in [2.24, 2.45) is 5.73 Å². The van der Waals surface area contributed by atoms with E-state index in [1.165, 1.54) is 0 Å². The lowest BCUT2D eigenvalue weighted by atomic mass is 9.99. The monoisotopic (exact) mass is 303 g/mol. The molecule has 0 saturated heterocycles. The Balaban J connectivity index is 2.09. The first kappa shape index (κ1) is 14.2. The van der Waals surface area contributed by atoms with Crippen LogP contribution in [0.1, 0.15) is 12.0 Å². The van der Waals surface area contributed by atoms with Gasteiger partial charge in [0.1, 0.15) is 17.6 Å². The number of para-hydroxylation sites is 1. The number of methoxy groups -OCH3 is 1. The molecule has 0 bridgehead atoms. The molecular weight excluding hydrogens is 286 g/mol. The highest BCUT2D eigenvalue weighted by atomic mass is 35.5.